The molecule has 0 radical (unpaired) electrons. The fourth-order valence-electron chi connectivity index (χ4n) is 2.08. The molecule has 2 rings (SSSR count). The molecule has 2 aromatic rings. The molecule has 106 valence electrons. The number of hydrogen-bond acceptors (Lipinski definition) is 2. The van der Waals surface area contributed by atoms with Crippen LogP contribution in [-0.2, 0) is 4.74 Å². The minimum atomic E-state index is -0.0569. The van der Waals surface area contributed by atoms with Crippen LogP contribution in [0.2, 0.25) is 0 Å². The van der Waals surface area contributed by atoms with Gasteiger partial charge in [-0.2, -0.15) is 0 Å². The Labute approximate surface area is 121 Å². The largest absolute Gasteiger partial charge is 0.379 e. The van der Waals surface area contributed by atoms with E-state index in [1.54, 1.807) is 0 Å². The highest BCUT2D eigenvalue weighted by molar-refractivity contribution is 5.63. The average molecular weight is 269 g/mol. The second-order valence-electron chi connectivity index (χ2n) is 5.53. The first-order chi connectivity index (χ1) is 9.66. The van der Waals surface area contributed by atoms with Crippen molar-refractivity contribution in [1.29, 1.82) is 0 Å². The lowest BCUT2D eigenvalue weighted by atomic mass is 10.0. The van der Waals surface area contributed by atoms with Crippen LogP contribution in [0.4, 0.5) is 0 Å². The maximum atomic E-state index is 6.14. The predicted octanol–water partition coefficient (Wildman–Crippen LogP) is 4.03. The van der Waals surface area contributed by atoms with Gasteiger partial charge in [-0.25, -0.2) is 0 Å². The Hall–Kier alpha value is -1.64. The highest BCUT2D eigenvalue weighted by Crippen LogP contribution is 2.21. The molecule has 2 heteroatoms. The molecule has 0 amide bonds. The van der Waals surface area contributed by atoms with Gasteiger partial charge >= 0.3 is 0 Å². The minimum absolute atomic E-state index is 0.0569. The molecule has 0 aromatic heterocycles. The van der Waals surface area contributed by atoms with Crippen molar-refractivity contribution in [2.75, 3.05) is 13.2 Å². The van der Waals surface area contributed by atoms with Gasteiger partial charge in [0.15, 0.2) is 0 Å². The van der Waals surface area contributed by atoms with Crippen molar-refractivity contribution in [3.8, 4) is 11.1 Å². The van der Waals surface area contributed by atoms with Crippen molar-refractivity contribution >= 4 is 0 Å². The van der Waals surface area contributed by atoms with E-state index in [9.17, 15) is 0 Å². The molecule has 0 fully saturated rings. The van der Waals surface area contributed by atoms with E-state index in [1.807, 2.05) is 6.07 Å². The zero-order chi connectivity index (χ0) is 14.4. The highest BCUT2D eigenvalue weighted by atomic mass is 16.5. The van der Waals surface area contributed by atoms with E-state index in [0.717, 1.165) is 12.2 Å². The average Bonchev–Trinajstić information content (AvgIpc) is 2.48. The topological polar surface area (TPSA) is 35.2 Å². The molecule has 0 heterocycles. The smallest absolute Gasteiger partial charge is 0.0659 e. The molecule has 2 aromatic carbocycles. The second-order valence-corrected chi connectivity index (χ2v) is 5.53. The molecule has 1 unspecified atom stereocenters. The van der Waals surface area contributed by atoms with Gasteiger partial charge in [0.25, 0.3) is 0 Å². The summed E-state index contributed by atoms with van der Waals surface area (Å²) in [4.78, 5) is 0. The maximum absolute atomic E-state index is 6.14. The molecule has 1 atom stereocenters. The zero-order valence-electron chi connectivity index (χ0n) is 12.3. The Balaban J connectivity index is 1.97. The summed E-state index contributed by atoms with van der Waals surface area (Å²) in [5.41, 5.74) is 9.70. The van der Waals surface area contributed by atoms with E-state index in [1.165, 1.54) is 11.1 Å². The third kappa shape index (κ3) is 4.19. The lowest BCUT2D eigenvalue weighted by Crippen LogP contribution is -2.18. The van der Waals surface area contributed by atoms with E-state index in [0.29, 0.717) is 12.5 Å². The molecular weight excluding hydrogens is 246 g/mol. The standard InChI is InChI=1S/C18H23NO/c1-14(2)12-20-13-18(19)17-10-8-16(9-11-17)15-6-4-3-5-7-15/h3-11,14,18H,12-13,19H2,1-2H3. The molecule has 2 N–H and O–H groups in total. The van der Waals surface area contributed by atoms with Crippen LogP contribution < -0.4 is 5.73 Å². The lowest BCUT2D eigenvalue weighted by Gasteiger charge is -2.14. The third-order valence-corrected chi connectivity index (χ3v) is 3.19. The van der Waals surface area contributed by atoms with Gasteiger partial charge in [0, 0.05) is 6.61 Å². The van der Waals surface area contributed by atoms with Crippen LogP contribution in [0.1, 0.15) is 25.5 Å². The van der Waals surface area contributed by atoms with E-state index in [4.69, 9.17) is 10.5 Å². The van der Waals surface area contributed by atoms with Gasteiger partial charge in [-0.1, -0.05) is 68.4 Å². The van der Waals surface area contributed by atoms with Crippen molar-refractivity contribution in [1.82, 2.24) is 0 Å². The Kier molecular flexibility index (Phi) is 5.33. The summed E-state index contributed by atoms with van der Waals surface area (Å²) in [6.45, 7) is 5.61. The summed E-state index contributed by atoms with van der Waals surface area (Å²) in [5, 5.41) is 0. The van der Waals surface area contributed by atoms with Crippen molar-refractivity contribution in [2.45, 2.75) is 19.9 Å². The number of hydrogen-bond donors (Lipinski definition) is 1. The van der Waals surface area contributed by atoms with Crippen molar-refractivity contribution < 1.29 is 4.74 Å². The second kappa shape index (κ2) is 7.22. The summed E-state index contributed by atoms with van der Waals surface area (Å²) >= 11 is 0. The molecule has 20 heavy (non-hydrogen) atoms. The van der Waals surface area contributed by atoms with Crippen LogP contribution in [0.3, 0.4) is 0 Å². The van der Waals surface area contributed by atoms with E-state index < -0.39 is 0 Å². The summed E-state index contributed by atoms with van der Waals surface area (Å²) in [6.07, 6.45) is 0. The van der Waals surface area contributed by atoms with Crippen LogP contribution in [0.15, 0.2) is 54.6 Å². The van der Waals surface area contributed by atoms with Gasteiger partial charge in [0.1, 0.15) is 0 Å². The summed E-state index contributed by atoms with van der Waals surface area (Å²) < 4.78 is 5.60. The summed E-state index contributed by atoms with van der Waals surface area (Å²) in [7, 11) is 0. The normalized spacial score (nSPS) is 12.6. The van der Waals surface area contributed by atoms with Crippen molar-refractivity contribution in [3.63, 3.8) is 0 Å². The van der Waals surface area contributed by atoms with E-state index in [-0.39, 0.29) is 6.04 Å². The quantitative estimate of drug-likeness (QED) is 0.859. The first-order valence-corrected chi connectivity index (χ1v) is 7.15. The molecule has 0 aliphatic rings. The lowest BCUT2D eigenvalue weighted by molar-refractivity contribution is 0.0983. The molecule has 0 bridgehead atoms. The van der Waals surface area contributed by atoms with Gasteiger partial charge in [0.2, 0.25) is 0 Å². The van der Waals surface area contributed by atoms with Crippen LogP contribution in [0, 0.1) is 5.92 Å². The number of ether oxygens (including phenoxy) is 1. The predicted molar refractivity (Wildman–Crippen MR) is 84.5 cm³/mol. The molecule has 0 saturated heterocycles. The number of nitrogens with two attached hydrogens (primary N) is 1. The molecule has 0 aliphatic heterocycles. The van der Waals surface area contributed by atoms with Crippen LogP contribution in [0.5, 0.6) is 0 Å². The van der Waals surface area contributed by atoms with Crippen molar-refractivity contribution in [2.24, 2.45) is 11.7 Å². The van der Waals surface area contributed by atoms with E-state index >= 15 is 0 Å². The summed E-state index contributed by atoms with van der Waals surface area (Å²) in [6, 6.07) is 18.7. The summed E-state index contributed by atoms with van der Waals surface area (Å²) in [5.74, 6) is 0.544. The fourth-order valence-corrected chi connectivity index (χ4v) is 2.08. The number of benzene rings is 2. The molecule has 0 aliphatic carbocycles. The van der Waals surface area contributed by atoms with E-state index in [2.05, 4.69) is 62.4 Å². The van der Waals surface area contributed by atoms with Gasteiger partial charge < -0.3 is 10.5 Å². The van der Waals surface area contributed by atoms with Crippen LogP contribution >= 0.6 is 0 Å². The fraction of sp³-hybridized carbons (Fsp3) is 0.333. The molecular formula is C18H23NO. The Morgan fingerprint density at radius 2 is 1.45 bits per heavy atom. The maximum Gasteiger partial charge on any atom is 0.0659 e. The van der Waals surface area contributed by atoms with Gasteiger partial charge in [0.05, 0.1) is 12.6 Å². The van der Waals surface area contributed by atoms with Gasteiger partial charge in [-0.3, -0.25) is 0 Å². The molecule has 2 nitrogen and oxygen atoms in total. The van der Waals surface area contributed by atoms with Crippen LogP contribution in [-0.4, -0.2) is 13.2 Å². The monoisotopic (exact) mass is 269 g/mol. The van der Waals surface area contributed by atoms with Gasteiger partial charge in [-0.05, 0) is 22.6 Å². The first-order valence-electron chi connectivity index (χ1n) is 7.15. The molecule has 0 saturated carbocycles. The third-order valence-electron chi connectivity index (χ3n) is 3.19. The highest BCUT2D eigenvalue weighted by Gasteiger charge is 2.07. The zero-order valence-corrected chi connectivity index (χ0v) is 12.3. The Morgan fingerprint density at radius 3 is 2.05 bits per heavy atom. The minimum Gasteiger partial charge on any atom is -0.379 e. The van der Waals surface area contributed by atoms with Crippen LogP contribution in [0.25, 0.3) is 11.1 Å². The number of rotatable bonds is 6. The van der Waals surface area contributed by atoms with Crippen molar-refractivity contribution in [3.05, 3.63) is 60.2 Å². The molecule has 0 spiro atoms. The first kappa shape index (κ1) is 14.8. The Bertz CT molecular complexity index is 505. The SMILES string of the molecule is CC(C)COCC(N)c1ccc(-c2ccccc2)cc1. The Morgan fingerprint density at radius 1 is 0.850 bits per heavy atom. The van der Waals surface area contributed by atoms with Gasteiger partial charge in [-0.15, -0.1) is 0 Å².